The summed E-state index contributed by atoms with van der Waals surface area (Å²) in [6.45, 7) is 4.66. The zero-order valence-corrected chi connectivity index (χ0v) is 16.3. The van der Waals surface area contributed by atoms with Crippen LogP contribution in [0.25, 0.3) is 10.9 Å². The van der Waals surface area contributed by atoms with Crippen LogP contribution in [0.4, 0.5) is 0 Å². The van der Waals surface area contributed by atoms with Gasteiger partial charge in [-0.05, 0) is 50.8 Å². The van der Waals surface area contributed by atoms with Crippen LogP contribution in [0, 0.1) is 5.92 Å². The molecule has 4 rings (SSSR count). The van der Waals surface area contributed by atoms with Gasteiger partial charge >= 0.3 is 0 Å². The number of nitrogens with zero attached hydrogens (tertiary/aromatic N) is 2. The number of carbonyl (C=O) groups excluding carboxylic acids is 1. The molecule has 0 unspecified atom stereocenters. The van der Waals surface area contributed by atoms with Crippen molar-refractivity contribution >= 4 is 16.8 Å². The highest BCUT2D eigenvalue weighted by Crippen LogP contribution is 2.30. The highest BCUT2D eigenvalue weighted by molar-refractivity contribution is 6.07. The normalized spacial score (nSPS) is 23.3. The van der Waals surface area contributed by atoms with Gasteiger partial charge in [-0.15, -0.1) is 0 Å². The lowest BCUT2D eigenvalue weighted by atomic mass is 9.83. The standard InChI is InChI=1S/C22H31N3O2/c1-27-14-13-25-16-19(18-8-2-3-10-21(18)25)22(26)23-15-17-7-6-12-24-11-5-4-9-20(17)24/h2-3,8,10,16-17,20H,4-7,9,11-15H2,1H3,(H,23,26)/t17-,20-/m1/s1. The van der Waals surface area contributed by atoms with Gasteiger partial charge in [0.1, 0.15) is 0 Å². The van der Waals surface area contributed by atoms with Crippen LogP contribution in [0.1, 0.15) is 42.5 Å². The fraction of sp³-hybridized carbons (Fsp3) is 0.591. The molecule has 2 aromatic rings. The van der Waals surface area contributed by atoms with Crippen molar-refractivity contribution in [1.82, 2.24) is 14.8 Å². The maximum absolute atomic E-state index is 13.0. The fourth-order valence-corrected chi connectivity index (χ4v) is 4.94. The van der Waals surface area contributed by atoms with Gasteiger partial charge in [-0.3, -0.25) is 4.79 Å². The lowest BCUT2D eigenvalue weighted by Gasteiger charge is -2.44. The molecule has 146 valence electrons. The molecule has 0 spiro atoms. The van der Waals surface area contributed by atoms with Gasteiger partial charge in [0, 0.05) is 43.3 Å². The first-order valence-corrected chi connectivity index (χ1v) is 10.4. The van der Waals surface area contributed by atoms with Crippen LogP contribution in [0.3, 0.4) is 0 Å². The molecule has 27 heavy (non-hydrogen) atoms. The Bertz CT molecular complexity index is 783. The summed E-state index contributed by atoms with van der Waals surface area (Å²) in [5.74, 6) is 0.639. The topological polar surface area (TPSA) is 46.5 Å². The Hall–Kier alpha value is -1.85. The van der Waals surface area contributed by atoms with Gasteiger partial charge in [-0.2, -0.15) is 0 Å². The molecule has 0 radical (unpaired) electrons. The first-order valence-electron chi connectivity index (χ1n) is 10.4. The average Bonchev–Trinajstić information content (AvgIpc) is 3.09. The molecule has 1 amide bonds. The van der Waals surface area contributed by atoms with Crippen LogP contribution in [-0.2, 0) is 11.3 Å². The number of benzene rings is 1. The van der Waals surface area contributed by atoms with Crippen LogP contribution in [0.5, 0.6) is 0 Å². The number of carbonyl (C=O) groups is 1. The molecule has 0 saturated carbocycles. The van der Waals surface area contributed by atoms with Gasteiger partial charge in [-0.1, -0.05) is 24.6 Å². The number of para-hydroxylation sites is 1. The fourth-order valence-electron chi connectivity index (χ4n) is 4.94. The van der Waals surface area contributed by atoms with Crippen molar-refractivity contribution in [2.75, 3.05) is 33.4 Å². The van der Waals surface area contributed by atoms with Crippen LogP contribution < -0.4 is 5.32 Å². The average molecular weight is 370 g/mol. The monoisotopic (exact) mass is 369 g/mol. The molecule has 5 heteroatoms. The summed E-state index contributed by atoms with van der Waals surface area (Å²) in [7, 11) is 1.71. The van der Waals surface area contributed by atoms with Crippen LogP contribution >= 0.6 is 0 Å². The molecule has 2 aliphatic heterocycles. The molecule has 2 fully saturated rings. The van der Waals surface area contributed by atoms with Gasteiger partial charge in [0.25, 0.3) is 5.91 Å². The van der Waals surface area contributed by atoms with E-state index in [1.54, 1.807) is 7.11 Å². The maximum Gasteiger partial charge on any atom is 0.253 e. The van der Waals surface area contributed by atoms with Crippen molar-refractivity contribution in [2.24, 2.45) is 5.92 Å². The van der Waals surface area contributed by atoms with Gasteiger partial charge in [0.05, 0.1) is 12.2 Å². The van der Waals surface area contributed by atoms with Gasteiger partial charge in [-0.25, -0.2) is 0 Å². The molecule has 0 aliphatic carbocycles. The van der Waals surface area contributed by atoms with E-state index >= 15 is 0 Å². The molecule has 3 heterocycles. The van der Waals surface area contributed by atoms with E-state index in [-0.39, 0.29) is 5.91 Å². The third-order valence-corrected chi connectivity index (χ3v) is 6.32. The van der Waals surface area contributed by atoms with Crippen molar-refractivity contribution in [3.8, 4) is 0 Å². The Labute approximate surface area is 161 Å². The first-order chi connectivity index (χ1) is 13.3. The number of rotatable bonds is 6. The number of fused-ring (bicyclic) bond motifs is 2. The lowest BCUT2D eigenvalue weighted by molar-refractivity contribution is 0.0576. The largest absolute Gasteiger partial charge is 0.383 e. The summed E-state index contributed by atoms with van der Waals surface area (Å²) in [5.41, 5.74) is 1.87. The van der Waals surface area contributed by atoms with E-state index in [1.165, 1.54) is 45.2 Å². The van der Waals surface area contributed by atoms with Gasteiger partial charge in [0.15, 0.2) is 0 Å². The summed E-state index contributed by atoms with van der Waals surface area (Å²) in [6.07, 6.45) is 8.42. The smallest absolute Gasteiger partial charge is 0.253 e. The third kappa shape index (κ3) is 3.90. The number of aromatic nitrogens is 1. The van der Waals surface area contributed by atoms with E-state index in [4.69, 9.17) is 4.74 Å². The van der Waals surface area contributed by atoms with E-state index in [0.717, 1.165) is 29.6 Å². The van der Waals surface area contributed by atoms with Crippen LogP contribution in [0.2, 0.25) is 0 Å². The minimum atomic E-state index is 0.0512. The summed E-state index contributed by atoms with van der Waals surface area (Å²) in [6, 6.07) is 8.80. The Balaban J connectivity index is 1.46. The Morgan fingerprint density at radius 1 is 1.19 bits per heavy atom. The van der Waals surface area contributed by atoms with Crippen LogP contribution in [-0.4, -0.2) is 54.8 Å². The second-order valence-corrected chi connectivity index (χ2v) is 7.96. The Morgan fingerprint density at radius 3 is 2.93 bits per heavy atom. The summed E-state index contributed by atoms with van der Waals surface area (Å²) < 4.78 is 7.34. The SMILES string of the molecule is COCCn1cc(C(=O)NC[C@H]2CCCN3CCCC[C@H]23)c2ccccc21. The zero-order valence-electron chi connectivity index (χ0n) is 16.3. The Morgan fingerprint density at radius 2 is 2.04 bits per heavy atom. The van der Waals surface area contributed by atoms with Crippen molar-refractivity contribution in [3.63, 3.8) is 0 Å². The number of hydrogen-bond donors (Lipinski definition) is 1. The zero-order chi connectivity index (χ0) is 18.6. The molecule has 1 N–H and O–H groups in total. The molecule has 2 saturated heterocycles. The van der Waals surface area contributed by atoms with E-state index in [1.807, 2.05) is 24.4 Å². The van der Waals surface area contributed by atoms with Crippen molar-refractivity contribution in [1.29, 1.82) is 0 Å². The molecule has 1 aromatic carbocycles. The maximum atomic E-state index is 13.0. The molecule has 2 atom stereocenters. The van der Waals surface area contributed by atoms with Crippen molar-refractivity contribution < 1.29 is 9.53 Å². The number of hydrogen-bond acceptors (Lipinski definition) is 3. The Kier molecular flexibility index (Phi) is 5.79. The minimum absolute atomic E-state index is 0.0512. The van der Waals surface area contributed by atoms with E-state index in [9.17, 15) is 4.79 Å². The minimum Gasteiger partial charge on any atom is -0.383 e. The molecular formula is C22H31N3O2. The van der Waals surface area contributed by atoms with Gasteiger partial charge in [0.2, 0.25) is 0 Å². The number of methoxy groups -OCH3 is 1. The molecule has 1 aromatic heterocycles. The highest BCUT2D eigenvalue weighted by atomic mass is 16.5. The van der Waals surface area contributed by atoms with Crippen LogP contribution in [0.15, 0.2) is 30.5 Å². The summed E-state index contributed by atoms with van der Waals surface area (Å²) in [4.78, 5) is 15.6. The molecule has 2 aliphatic rings. The quantitative estimate of drug-likeness (QED) is 0.850. The molecule has 5 nitrogen and oxygen atoms in total. The number of amides is 1. The first kappa shape index (κ1) is 18.5. The summed E-state index contributed by atoms with van der Waals surface area (Å²) in [5, 5.41) is 4.28. The number of piperidine rings is 2. The highest BCUT2D eigenvalue weighted by Gasteiger charge is 2.33. The molecular weight excluding hydrogens is 338 g/mol. The van der Waals surface area contributed by atoms with Crippen molar-refractivity contribution in [2.45, 2.75) is 44.7 Å². The van der Waals surface area contributed by atoms with E-state index in [0.29, 0.717) is 18.6 Å². The van der Waals surface area contributed by atoms with E-state index in [2.05, 4.69) is 20.9 Å². The number of ether oxygens (including phenoxy) is 1. The van der Waals surface area contributed by atoms with Gasteiger partial charge < -0.3 is 19.5 Å². The number of nitrogens with one attached hydrogen (secondary N) is 1. The molecule has 0 bridgehead atoms. The third-order valence-electron chi connectivity index (χ3n) is 6.32. The van der Waals surface area contributed by atoms with E-state index < -0.39 is 0 Å². The second-order valence-electron chi connectivity index (χ2n) is 7.96. The van der Waals surface area contributed by atoms with Crippen molar-refractivity contribution in [3.05, 3.63) is 36.0 Å². The summed E-state index contributed by atoms with van der Waals surface area (Å²) >= 11 is 0. The lowest BCUT2D eigenvalue weighted by Crippen LogP contribution is -2.51. The predicted molar refractivity (Wildman–Crippen MR) is 108 cm³/mol. The predicted octanol–water partition coefficient (Wildman–Crippen LogP) is 3.28. The second kappa shape index (κ2) is 8.44.